The number of nitrogens with one attached hydrogen (secondary N) is 1. The molecule has 0 radical (unpaired) electrons. The first-order chi connectivity index (χ1) is 8.42. The molecule has 3 rings (SSSR count). The largest absolute Gasteiger partial charge is 0.311 e. The Morgan fingerprint density at radius 1 is 1.12 bits per heavy atom. The summed E-state index contributed by atoms with van der Waals surface area (Å²) >= 11 is 0. The second-order valence-electron chi connectivity index (χ2n) is 4.92. The minimum atomic E-state index is 0.890. The molecule has 0 bridgehead atoms. The third kappa shape index (κ3) is 2.47. The minimum Gasteiger partial charge on any atom is -0.311 e. The number of pyridine rings is 1. The van der Waals surface area contributed by atoms with Crippen LogP contribution in [-0.4, -0.2) is 11.5 Å². The topological polar surface area (TPSA) is 24.9 Å². The van der Waals surface area contributed by atoms with Gasteiger partial charge in [0.25, 0.3) is 0 Å². The Bertz CT molecular complexity index is 503. The predicted molar refractivity (Wildman–Crippen MR) is 70.8 cm³/mol. The van der Waals surface area contributed by atoms with Crippen LogP contribution in [-0.2, 0) is 6.54 Å². The maximum atomic E-state index is 4.65. The Hall–Kier alpha value is -1.41. The van der Waals surface area contributed by atoms with Gasteiger partial charge in [-0.1, -0.05) is 30.7 Å². The Balaban J connectivity index is 1.63. The van der Waals surface area contributed by atoms with Gasteiger partial charge in [0.15, 0.2) is 0 Å². The molecule has 0 unspecified atom stereocenters. The minimum absolute atomic E-state index is 0.890. The van der Waals surface area contributed by atoms with Gasteiger partial charge in [0, 0.05) is 11.9 Å². The number of hydrogen-bond donors (Lipinski definition) is 1. The van der Waals surface area contributed by atoms with E-state index in [2.05, 4.69) is 40.6 Å². The van der Waals surface area contributed by atoms with Crippen LogP contribution in [0.25, 0.3) is 10.9 Å². The van der Waals surface area contributed by atoms with Crippen LogP contribution in [0.1, 0.15) is 25.0 Å². The maximum Gasteiger partial charge on any atom is 0.0705 e. The Kier molecular flexibility index (Phi) is 3.06. The van der Waals surface area contributed by atoms with Gasteiger partial charge in [-0.15, -0.1) is 0 Å². The maximum absolute atomic E-state index is 4.65. The summed E-state index contributed by atoms with van der Waals surface area (Å²) in [6, 6.07) is 12.6. The standard InChI is InChI=1S/C15H18N2/c1-2-7-15-13(6-1)8-9-14(17-15)11-16-10-12-4-3-5-12/h1-2,6-9,12,16H,3-5,10-11H2. The van der Waals surface area contributed by atoms with Crippen LogP contribution in [0.2, 0.25) is 0 Å². The average Bonchev–Trinajstić information content (AvgIpc) is 2.32. The molecule has 2 heteroatoms. The molecule has 1 heterocycles. The van der Waals surface area contributed by atoms with E-state index in [1.807, 2.05) is 6.07 Å². The van der Waals surface area contributed by atoms with Gasteiger partial charge in [0.2, 0.25) is 0 Å². The normalized spacial score (nSPS) is 16.0. The summed E-state index contributed by atoms with van der Waals surface area (Å²) in [5.74, 6) is 0.912. The second-order valence-corrected chi connectivity index (χ2v) is 4.92. The predicted octanol–water partition coefficient (Wildman–Crippen LogP) is 3.12. The molecule has 1 aromatic heterocycles. The molecule has 17 heavy (non-hydrogen) atoms. The molecule has 1 aliphatic rings. The van der Waals surface area contributed by atoms with Crippen LogP contribution in [0.4, 0.5) is 0 Å². The van der Waals surface area contributed by atoms with Gasteiger partial charge in [-0.05, 0) is 37.4 Å². The number of hydrogen-bond acceptors (Lipinski definition) is 2. The van der Waals surface area contributed by atoms with E-state index in [9.17, 15) is 0 Å². The summed E-state index contributed by atoms with van der Waals surface area (Å²) in [6.45, 7) is 2.04. The van der Waals surface area contributed by atoms with Crippen LogP contribution in [0.3, 0.4) is 0 Å². The lowest BCUT2D eigenvalue weighted by atomic mass is 9.85. The van der Waals surface area contributed by atoms with Gasteiger partial charge < -0.3 is 5.32 Å². The fraction of sp³-hybridized carbons (Fsp3) is 0.400. The van der Waals surface area contributed by atoms with Gasteiger partial charge in [-0.25, -0.2) is 0 Å². The molecule has 1 N–H and O–H groups in total. The lowest BCUT2D eigenvalue weighted by molar-refractivity contribution is 0.301. The lowest BCUT2D eigenvalue weighted by Crippen LogP contribution is -2.27. The third-order valence-electron chi connectivity index (χ3n) is 3.62. The van der Waals surface area contributed by atoms with Crippen molar-refractivity contribution in [3.63, 3.8) is 0 Å². The molecule has 0 atom stereocenters. The van der Waals surface area contributed by atoms with E-state index in [0.29, 0.717) is 0 Å². The number of aromatic nitrogens is 1. The van der Waals surface area contributed by atoms with Crippen LogP contribution >= 0.6 is 0 Å². The zero-order chi connectivity index (χ0) is 11.5. The Morgan fingerprint density at radius 2 is 2.00 bits per heavy atom. The highest BCUT2D eigenvalue weighted by atomic mass is 14.9. The monoisotopic (exact) mass is 226 g/mol. The van der Waals surface area contributed by atoms with Crippen molar-refractivity contribution in [2.45, 2.75) is 25.8 Å². The third-order valence-corrected chi connectivity index (χ3v) is 3.62. The molecule has 1 fully saturated rings. The van der Waals surface area contributed by atoms with E-state index in [0.717, 1.165) is 30.2 Å². The van der Waals surface area contributed by atoms with Gasteiger partial charge in [0.05, 0.1) is 11.2 Å². The molecule has 2 aromatic rings. The van der Waals surface area contributed by atoms with Crippen LogP contribution in [0.5, 0.6) is 0 Å². The van der Waals surface area contributed by atoms with Crippen LogP contribution in [0, 0.1) is 5.92 Å². The molecule has 0 amide bonds. The smallest absolute Gasteiger partial charge is 0.0705 e. The summed E-state index contributed by atoms with van der Waals surface area (Å²) in [4.78, 5) is 4.65. The van der Waals surface area contributed by atoms with E-state index >= 15 is 0 Å². The van der Waals surface area contributed by atoms with E-state index in [4.69, 9.17) is 0 Å². The average molecular weight is 226 g/mol. The second kappa shape index (κ2) is 4.84. The summed E-state index contributed by atoms with van der Waals surface area (Å²) in [7, 11) is 0. The SMILES string of the molecule is c1ccc2nc(CNCC3CCC3)ccc2c1. The van der Waals surface area contributed by atoms with Gasteiger partial charge in [-0.3, -0.25) is 4.98 Å². The molecule has 1 aliphatic carbocycles. The molecule has 0 spiro atoms. The zero-order valence-corrected chi connectivity index (χ0v) is 10.0. The molecule has 1 aromatic carbocycles. The number of nitrogens with zero attached hydrogens (tertiary/aromatic N) is 1. The highest BCUT2D eigenvalue weighted by Crippen LogP contribution is 2.25. The fourth-order valence-corrected chi connectivity index (χ4v) is 2.31. The first-order valence-electron chi connectivity index (χ1n) is 6.47. The van der Waals surface area contributed by atoms with Gasteiger partial charge >= 0.3 is 0 Å². The first-order valence-corrected chi connectivity index (χ1v) is 6.47. The molecule has 0 saturated heterocycles. The number of para-hydroxylation sites is 1. The summed E-state index contributed by atoms with van der Waals surface area (Å²) < 4.78 is 0. The summed E-state index contributed by atoms with van der Waals surface area (Å²) in [5, 5.41) is 4.72. The molecular weight excluding hydrogens is 208 g/mol. The number of fused-ring (bicyclic) bond motifs is 1. The van der Waals surface area contributed by atoms with Crippen LogP contribution < -0.4 is 5.32 Å². The van der Waals surface area contributed by atoms with E-state index in [-0.39, 0.29) is 0 Å². The highest BCUT2D eigenvalue weighted by Gasteiger charge is 2.16. The van der Waals surface area contributed by atoms with Crippen molar-refractivity contribution >= 4 is 10.9 Å². The fourth-order valence-electron chi connectivity index (χ4n) is 2.31. The van der Waals surface area contributed by atoms with Crippen molar-refractivity contribution in [3.8, 4) is 0 Å². The quantitative estimate of drug-likeness (QED) is 0.866. The number of rotatable bonds is 4. The Labute approximate surface area is 102 Å². The lowest BCUT2D eigenvalue weighted by Gasteiger charge is -2.25. The van der Waals surface area contributed by atoms with Crippen molar-refractivity contribution in [2.75, 3.05) is 6.54 Å². The first kappa shape index (κ1) is 10.7. The van der Waals surface area contributed by atoms with E-state index in [1.165, 1.54) is 24.6 Å². The molecular formula is C15H18N2. The molecule has 0 aliphatic heterocycles. The van der Waals surface area contributed by atoms with Gasteiger partial charge in [0.1, 0.15) is 0 Å². The number of benzene rings is 1. The summed E-state index contributed by atoms with van der Waals surface area (Å²) in [6.07, 6.45) is 4.22. The van der Waals surface area contributed by atoms with E-state index < -0.39 is 0 Å². The van der Waals surface area contributed by atoms with Crippen molar-refractivity contribution in [1.82, 2.24) is 10.3 Å². The van der Waals surface area contributed by atoms with E-state index in [1.54, 1.807) is 0 Å². The van der Waals surface area contributed by atoms with Crippen molar-refractivity contribution in [1.29, 1.82) is 0 Å². The molecule has 2 nitrogen and oxygen atoms in total. The molecule has 88 valence electrons. The van der Waals surface area contributed by atoms with Crippen molar-refractivity contribution in [3.05, 3.63) is 42.1 Å². The van der Waals surface area contributed by atoms with Crippen molar-refractivity contribution < 1.29 is 0 Å². The molecule has 1 saturated carbocycles. The van der Waals surface area contributed by atoms with Gasteiger partial charge in [-0.2, -0.15) is 0 Å². The highest BCUT2D eigenvalue weighted by molar-refractivity contribution is 5.78. The Morgan fingerprint density at radius 3 is 2.82 bits per heavy atom. The zero-order valence-electron chi connectivity index (χ0n) is 10.0. The van der Waals surface area contributed by atoms with Crippen molar-refractivity contribution in [2.24, 2.45) is 5.92 Å². The van der Waals surface area contributed by atoms with Crippen LogP contribution in [0.15, 0.2) is 36.4 Å². The summed E-state index contributed by atoms with van der Waals surface area (Å²) in [5.41, 5.74) is 2.23.